The normalized spacial score (nSPS) is 16.4. The fourth-order valence-corrected chi connectivity index (χ4v) is 8.00. The summed E-state index contributed by atoms with van der Waals surface area (Å²) in [5, 5.41) is 23.4. The highest BCUT2D eigenvalue weighted by atomic mass is 16.7. The van der Waals surface area contributed by atoms with Gasteiger partial charge in [0.25, 0.3) is 11.4 Å². The van der Waals surface area contributed by atoms with Crippen molar-refractivity contribution in [2.75, 3.05) is 6.79 Å². The third-order valence-electron chi connectivity index (χ3n) is 11.2. The average molecular weight is 779 g/mol. The van der Waals surface area contributed by atoms with Crippen molar-refractivity contribution < 1.29 is 38.4 Å². The topological polar surface area (TPSA) is 157 Å². The van der Waals surface area contributed by atoms with Crippen molar-refractivity contribution in [3.63, 3.8) is 0 Å². The molecule has 7 rings (SSSR count). The second-order valence-electron chi connectivity index (χ2n) is 15.3. The Balaban J connectivity index is 0.000000193. The molecule has 4 aromatic rings. The van der Waals surface area contributed by atoms with Crippen molar-refractivity contribution in [3.05, 3.63) is 139 Å². The molecule has 1 heterocycles. The molecule has 4 aromatic carbocycles. The van der Waals surface area contributed by atoms with Gasteiger partial charge in [0.15, 0.2) is 23.7 Å². The number of nitro groups is 2. The highest BCUT2D eigenvalue weighted by Gasteiger charge is 2.33. The fourth-order valence-electron chi connectivity index (χ4n) is 8.00. The maximum Gasteiger partial charge on any atom is 0.307 e. The van der Waals surface area contributed by atoms with Gasteiger partial charge in [-0.25, -0.2) is 0 Å². The number of aryl methyl sites for hydroxylation is 2. The summed E-state index contributed by atoms with van der Waals surface area (Å²) in [4.78, 5) is 48.0. The van der Waals surface area contributed by atoms with E-state index in [9.17, 15) is 29.8 Å². The predicted octanol–water partition coefficient (Wildman–Crippen LogP) is 10.7. The molecule has 0 N–H and O–H groups in total. The van der Waals surface area contributed by atoms with E-state index in [2.05, 4.69) is 0 Å². The third-order valence-corrected chi connectivity index (χ3v) is 11.2. The van der Waals surface area contributed by atoms with Crippen LogP contribution in [0.5, 0.6) is 11.5 Å². The van der Waals surface area contributed by atoms with Crippen molar-refractivity contribution in [3.8, 4) is 11.5 Å². The number of hydrogen-bond acceptors (Lipinski definition) is 10. The Morgan fingerprint density at radius 2 is 1.02 bits per heavy atom. The number of esters is 2. The highest BCUT2D eigenvalue weighted by Crippen LogP contribution is 2.43. The summed E-state index contributed by atoms with van der Waals surface area (Å²) < 4.78 is 22.4. The smallest absolute Gasteiger partial charge is 0.307 e. The molecule has 0 bridgehead atoms. The van der Waals surface area contributed by atoms with Crippen LogP contribution in [0.3, 0.4) is 0 Å². The number of ether oxygens (including phenoxy) is 4. The zero-order valence-corrected chi connectivity index (χ0v) is 32.6. The van der Waals surface area contributed by atoms with Crippen LogP contribution in [0.4, 0.5) is 11.4 Å². The van der Waals surface area contributed by atoms with Gasteiger partial charge in [-0.15, -0.1) is 0 Å². The molecule has 0 radical (unpaired) electrons. The summed E-state index contributed by atoms with van der Waals surface area (Å²) >= 11 is 0. The minimum atomic E-state index is -0.887. The molecule has 0 saturated heterocycles. The lowest BCUT2D eigenvalue weighted by Gasteiger charge is -2.23. The number of benzene rings is 4. The number of nitro benzene ring substituents is 2. The van der Waals surface area contributed by atoms with E-state index in [1.165, 1.54) is 18.9 Å². The molecule has 2 atom stereocenters. The predicted molar refractivity (Wildman–Crippen MR) is 213 cm³/mol. The second kappa shape index (κ2) is 19.4. The molecule has 1 aliphatic heterocycles. The number of fused-ring (bicyclic) bond motifs is 1. The molecule has 2 unspecified atom stereocenters. The van der Waals surface area contributed by atoms with E-state index in [0.717, 1.165) is 68.1 Å². The summed E-state index contributed by atoms with van der Waals surface area (Å²) in [6.45, 7) is 3.76. The maximum atomic E-state index is 12.7. The van der Waals surface area contributed by atoms with Gasteiger partial charge in [0.1, 0.15) is 0 Å². The van der Waals surface area contributed by atoms with E-state index in [1.807, 2.05) is 62.4 Å². The molecule has 0 aromatic heterocycles. The molecule has 300 valence electrons. The first kappa shape index (κ1) is 40.9. The van der Waals surface area contributed by atoms with Gasteiger partial charge in [0.05, 0.1) is 27.0 Å². The van der Waals surface area contributed by atoms with E-state index >= 15 is 0 Å². The molecular weight excluding hydrogens is 728 g/mol. The largest absolute Gasteiger partial charge is 0.454 e. The first-order valence-corrected chi connectivity index (χ1v) is 19.9. The lowest BCUT2D eigenvalue weighted by molar-refractivity contribution is -0.386. The maximum absolute atomic E-state index is 12.7. The standard InChI is InChI=1S/C23H27NO4.C22H23NO6/c1-16-13-20(21(24(26)27)14-17(16)2)23(19-11-7-4-8-12-19)28-22(25)15-18-9-5-3-6-10-18;24-21(11-15-7-3-1-4-8-15)29-22(16-9-5-2-6-10-16)17-12-19-20(28-14-27-19)13-18(17)23(25)26/h4,7-8,11-14,18,23H,3,5-6,9-10,15H2,1-2H3;2,5-6,9-10,12-13,15,22H,1,3-4,7-8,11,14H2. The van der Waals surface area contributed by atoms with Crippen LogP contribution in [-0.2, 0) is 19.1 Å². The number of hydrogen-bond donors (Lipinski definition) is 0. The van der Waals surface area contributed by atoms with Crippen molar-refractivity contribution in [1.82, 2.24) is 0 Å². The molecule has 57 heavy (non-hydrogen) atoms. The van der Waals surface area contributed by atoms with Crippen LogP contribution in [0.2, 0.25) is 0 Å². The minimum absolute atomic E-state index is 0.00735. The fraction of sp³-hybridized carbons (Fsp3) is 0.422. The summed E-state index contributed by atoms with van der Waals surface area (Å²) in [6, 6.07) is 24.6. The summed E-state index contributed by atoms with van der Waals surface area (Å²) in [7, 11) is 0. The van der Waals surface area contributed by atoms with Gasteiger partial charge in [0.2, 0.25) is 6.79 Å². The second-order valence-corrected chi connectivity index (χ2v) is 15.3. The SMILES string of the molecule is Cc1cc(C(OC(=O)CC2CCCCC2)c2ccccc2)c([N+](=O)[O-])cc1C.O=C(CC1CCCCC1)OC(c1ccccc1)c1cc2c(cc1[N+](=O)[O-])OCO2. The van der Waals surface area contributed by atoms with E-state index in [0.29, 0.717) is 47.3 Å². The minimum Gasteiger partial charge on any atom is -0.454 e. The Morgan fingerprint density at radius 1 is 0.614 bits per heavy atom. The van der Waals surface area contributed by atoms with Gasteiger partial charge < -0.3 is 18.9 Å². The van der Waals surface area contributed by atoms with Crippen molar-refractivity contribution in [2.45, 2.75) is 103 Å². The van der Waals surface area contributed by atoms with Crippen LogP contribution in [0.1, 0.15) is 123 Å². The van der Waals surface area contributed by atoms with Gasteiger partial charge in [0, 0.05) is 18.9 Å². The van der Waals surface area contributed by atoms with E-state index < -0.39 is 22.1 Å². The number of carbonyl (C=O) groups is 2. The first-order valence-electron chi connectivity index (χ1n) is 19.9. The van der Waals surface area contributed by atoms with Gasteiger partial charge in [-0.1, -0.05) is 99.2 Å². The summed E-state index contributed by atoms with van der Waals surface area (Å²) in [5.41, 5.74) is 3.73. The molecule has 12 nitrogen and oxygen atoms in total. The van der Waals surface area contributed by atoms with Gasteiger partial charge >= 0.3 is 11.9 Å². The zero-order chi connectivity index (χ0) is 40.3. The van der Waals surface area contributed by atoms with Crippen LogP contribution >= 0.6 is 0 Å². The number of carbonyl (C=O) groups excluding carboxylic acids is 2. The van der Waals surface area contributed by atoms with Crippen LogP contribution in [0, 0.1) is 45.9 Å². The summed E-state index contributed by atoms with van der Waals surface area (Å²) in [6.07, 6.45) is 10.2. The van der Waals surface area contributed by atoms with Crippen LogP contribution in [0.15, 0.2) is 84.9 Å². The molecule has 0 amide bonds. The Morgan fingerprint density at radius 3 is 1.47 bits per heavy atom. The van der Waals surface area contributed by atoms with E-state index in [-0.39, 0.29) is 35.7 Å². The van der Waals surface area contributed by atoms with Crippen LogP contribution in [-0.4, -0.2) is 28.6 Å². The van der Waals surface area contributed by atoms with Crippen molar-refractivity contribution >= 4 is 23.3 Å². The Bertz CT molecular complexity index is 2030. The Hall–Kier alpha value is -5.78. The van der Waals surface area contributed by atoms with Crippen LogP contribution < -0.4 is 9.47 Å². The molecule has 0 spiro atoms. The Kier molecular flexibility index (Phi) is 13.9. The molecule has 2 fully saturated rings. The summed E-state index contributed by atoms with van der Waals surface area (Å²) in [5.74, 6) is 0.786. The molecular formula is C45H50N2O10. The quantitative estimate of drug-likeness (QED) is 0.0770. The van der Waals surface area contributed by atoms with Gasteiger partial charge in [-0.3, -0.25) is 29.8 Å². The molecule has 2 saturated carbocycles. The van der Waals surface area contributed by atoms with E-state index in [4.69, 9.17) is 18.9 Å². The lowest BCUT2D eigenvalue weighted by Crippen LogP contribution is -2.18. The average Bonchev–Trinajstić information content (AvgIpc) is 3.69. The first-order chi connectivity index (χ1) is 27.6. The lowest BCUT2D eigenvalue weighted by atomic mass is 9.87. The van der Waals surface area contributed by atoms with Crippen molar-refractivity contribution in [1.29, 1.82) is 0 Å². The Labute approximate surface area is 332 Å². The van der Waals surface area contributed by atoms with E-state index in [1.54, 1.807) is 30.3 Å². The third kappa shape index (κ3) is 10.8. The molecule has 12 heteroatoms. The number of nitrogens with zero attached hydrogens (tertiary/aromatic N) is 2. The zero-order valence-electron chi connectivity index (χ0n) is 32.6. The molecule has 3 aliphatic rings. The molecule has 2 aliphatic carbocycles. The van der Waals surface area contributed by atoms with Crippen LogP contribution in [0.25, 0.3) is 0 Å². The highest BCUT2D eigenvalue weighted by molar-refractivity contribution is 5.72. The van der Waals surface area contributed by atoms with Gasteiger partial charge in [-0.05, 0) is 85.8 Å². The van der Waals surface area contributed by atoms with Crippen molar-refractivity contribution in [2.24, 2.45) is 11.8 Å². The van der Waals surface area contributed by atoms with Gasteiger partial charge in [-0.2, -0.15) is 0 Å². The monoisotopic (exact) mass is 778 g/mol. The number of rotatable bonds is 12.